The quantitative estimate of drug-likeness (QED) is 0.610. The lowest BCUT2D eigenvalue weighted by atomic mass is 10.1. The molecular weight excluding hydrogens is 385 g/mol. The van der Waals surface area contributed by atoms with E-state index in [4.69, 9.17) is 16.0 Å². The SMILES string of the molecule is Cn1cc(-c2cnc3cc(SI)oc3c2Cl)cn1. The Kier molecular flexibility index (Phi) is 3.25. The molecule has 3 aromatic heterocycles. The molecular formula is C11H7ClIN3OS. The van der Waals surface area contributed by atoms with Gasteiger partial charge in [0.2, 0.25) is 0 Å². The van der Waals surface area contributed by atoms with Crippen molar-refractivity contribution >= 4 is 52.8 Å². The number of aromatic nitrogens is 3. The lowest BCUT2D eigenvalue weighted by Crippen LogP contribution is -1.84. The predicted octanol–water partition coefficient (Wildman–Crippen LogP) is 4.32. The van der Waals surface area contributed by atoms with Gasteiger partial charge in [0.05, 0.1) is 11.2 Å². The summed E-state index contributed by atoms with van der Waals surface area (Å²) in [5, 5.41) is 5.50. The van der Waals surface area contributed by atoms with E-state index in [9.17, 15) is 0 Å². The number of nitrogens with zero attached hydrogens (tertiary/aromatic N) is 3. The third-order valence-corrected chi connectivity index (χ3v) is 4.58. The van der Waals surface area contributed by atoms with Gasteiger partial charge in [-0.15, -0.1) is 0 Å². The van der Waals surface area contributed by atoms with Gasteiger partial charge in [-0.2, -0.15) is 5.10 Å². The number of hydrogen-bond donors (Lipinski definition) is 0. The van der Waals surface area contributed by atoms with Crippen LogP contribution in [0.2, 0.25) is 5.02 Å². The van der Waals surface area contributed by atoms with Crippen molar-refractivity contribution in [1.29, 1.82) is 0 Å². The second-order valence-corrected chi connectivity index (χ2v) is 6.00. The van der Waals surface area contributed by atoms with Crippen LogP contribution < -0.4 is 0 Å². The van der Waals surface area contributed by atoms with Crippen molar-refractivity contribution in [2.45, 2.75) is 5.09 Å². The number of halogens is 2. The van der Waals surface area contributed by atoms with Crippen molar-refractivity contribution in [3.8, 4) is 11.1 Å². The van der Waals surface area contributed by atoms with Crippen LogP contribution in [0.4, 0.5) is 0 Å². The van der Waals surface area contributed by atoms with E-state index in [0.29, 0.717) is 10.6 Å². The summed E-state index contributed by atoms with van der Waals surface area (Å²) in [5.74, 6) is 0. The van der Waals surface area contributed by atoms with Crippen LogP contribution in [0, 0.1) is 0 Å². The molecule has 0 aliphatic rings. The molecule has 0 saturated heterocycles. The summed E-state index contributed by atoms with van der Waals surface area (Å²) in [6, 6.07) is 1.88. The van der Waals surface area contributed by atoms with Crippen molar-refractivity contribution in [3.63, 3.8) is 0 Å². The van der Waals surface area contributed by atoms with Crippen LogP contribution in [0.1, 0.15) is 0 Å². The molecule has 0 aromatic carbocycles. The van der Waals surface area contributed by atoms with E-state index in [0.717, 1.165) is 21.7 Å². The maximum absolute atomic E-state index is 6.37. The van der Waals surface area contributed by atoms with Crippen molar-refractivity contribution in [1.82, 2.24) is 14.8 Å². The fraction of sp³-hybridized carbons (Fsp3) is 0.0909. The molecule has 0 fully saturated rings. The average molecular weight is 392 g/mol. The summed E-state index contributed by atoms with van der Waals surface area (Å²) in [4.78, 5) is 4.36. The molecule has 0 saturated carbocycles. The number of pyridine rings is 1. The average Bonchev–Trinajstić information content (AvgIpc) is 2.96. The minimum Gasteiger partial charge on any atom is -0.446 e. The Balaban J connectivity index is 2.22. The Morgan fingerprint density at radius 3 is 2.94 bits per heavy atom. The largest absolute Gasteiger partial charge is 0.446 e. The standard InChI is InChI=1S/C11H7ClIN3OS/c1-16-5-6(3-15-16)7-4-14-8-2-9(18-13)17-11(8)10(7)12/h2-5H,1H3. The highest BCUT2D eigenvalue weighted by atomic mass is 127. The van der Waals surface area contributed by atoms with E-state index in [2.05, 4.69) is 31.3 Å². The van der Waals surface area contributed by atoms with Crippen LogP contribution in [-0.4, -0.2) is 14.8 Å². The number of rotatable bonds is 2. The molecule has 0 unspecified atom stereocenters. The highest BCUT2D eigenvalue weighted by Gasteiger charge is 2.14. The maximum Gasteiger partial charge on any atom is 0.173 e. The Hall–Kier alpha value is -0.730. The van der Waals surface area contributed by atoms with Crippen LogP contribution in [0.25, 0.3) is 22.2 Å². The van der Waals surface area contributed by atoms with Crippen LogP contribution >= 0.6 is 41.7 Å². The number of hydrogen-bond acceptors (Lipinski definition) is 4. The second kappa shape index (κ2) is 4.75. The first kappa shape index (κ1) is 12.3. The molecule has 0 bridgehead atoms. The number of fused-ring (bicyclic) bond motifs is 1. The summed E-state index contributed by atoms with van der Waals surface area (Å²) in [6.45, 7) is 0. The molecule has 0 radical (unpaired) electrons. The molecule has 3 rings (SSSR count). The summed E-state index contributed by atoms with van der Waals surface area (Å²) < 4.78 is 7.38. The molecule has 0 aliphatic heterocycles. The van der Waals surface area contributed by atoms with Crippen molar-refractivity contribution in [2.24, 2.45) is 7.05 Å². The molecule has 0 spiro atoms. The highest BCUT2D eigenvalue weighted by molar-refractivity contribution is 14.2. The van der Waals surface area contributed by atoms with Gasteiger partial charge in [0.25, 0.3) is 0 Å². The van der Waals surface area contributed by atoms with Gasteiger partial charge in [-0.05, 0) is 8.93 Å². The number of furan rings is 1. The van der Waals surface area contributed by atoms with Crippen LogP contribution in [0.15, 0.2) is 34.2 Å². The Labute approximate surface area is 124 Å². The molecule has 0 amide bonds. The Bertz CT molecular complexity index is 724. The fourth-order valence-electron chi connectivity index (χ4n) is 1.73. The summed E-state index contributed by atoms with van der Waals surface area (Å²) >= 11 is 8.54. The molecule has 0 N–H and O–H groups in total. The maximum atomic E-state index is 6.37. The third kappa shape index (κ3) is 2.02. The Morgan fingerprint density at radius 2 is 2.28 bits per heavy atom. The zero-order chi connectivity index (χ0) is 12.7. The smallest absolute Gasteiger partial charge is 0.173 e. The molecule has 3 aromatic rings. The topological polar surface area (TPSA) is 43.9 Å². The minimum atomic E-state index is 0.574. The van der Waals surface area contributed by atoms with Gasteiger partial charge in [0.15, 0.2) is 10.7 Å². The molecule has 92 valence electrons. The molecule has 7 heteroatoms. The van der Waals surface area contributed by atoms with Crippen molar-refractivity contribution in [3.05, 3.63) is 29.7 Å². The van der Waals surface area contributed by atoms with Crippen LogP contribution in [0.5, 0.6) is 0 Å². The lowest BCUT2D eigenvalue weighted by Gasteiger charge is -2.00. The first-order valence-electron chi connectivity index (χ1n) is 5.04. The van der Waals surface area contributed by atoms with E-state index >= 15 is 0 Å². The van der Waals surface area contributed by atoms with Gasteiger partial charge < -0.3 is 4.42 Å². The zero-order valence-corrected chi connectivity index (χ0v) is 13.0. The first-order valence-corrected chi connectivity index (χ1v) is 8.78. The van der Waals surface area contributed by atoms with E-state index in [1.807, 2.05) is 19.3 Å². The number of aryl methyl sites for hydroxylation is 1. The normalized spacial score (nSPS) is 11.3. The van der Waals surface area contributed by atoms with Gasteiger partial charge in [0.1, 0.15) is 5.52 Å². The van der Waals surface area contributed by atoms with Crippen molar-refractivity contribution < 1.29 is 4.42 Å². The summed E-state index contributed by atoms with van der Waals surface area (Å²) in [6.07, 6.45) is 5.40. The van der Waals surface area contributed by atoms with Gasteiger partial charge >= 0.3 is 0 Å². The summed E-state index contributed by atoms with van der Waals surface area (Å²) in [7, 11) is 3.36. The first-order chi connectivity index (χ1) is 8.69. The molecule has 0 atom stereocenters. The van der Waals surface area contributed by atoms with E-state index in [1.54, 1.807) is 17.1 Å². The minimum absolute atomic E-state index is 0.574. The van der Waals surface area contributed by atoms with Gasteiger partial charge in [0, 0.05) is 57.8 Å². The van der Waals surface area contributed by atoms with Crippen LogP contribution in [0.3, 0.4) is 0 Å². The highest BCUT2D eigenvalue weighted by Crippen LogP contribution is 2.37. The van der Waals surface area contributed by atoms with Gasteiger partial charge in [-0.1, -0.05) is 11.6 Å². The fourth-order valence-corrected chi connectivity index (χ4v) is 2.94. The van der Waals surface area contributed by atoms with E-state index in [-0.39, 0.29) is 0 Å². The summed E-state index contributed by atoms with van der Waals surface area (Å²) in [5.41, 5.74) is 3.15. The van der Waals surface area contributed by atoms with Crippen LogP contribution in [-0.2, 0) is 7.05 Å². The third-order valence-electron chi connectivity index (χ3n) is 2.55. The van der Waals surface area contributed by atoms with Gasteiger partial charge in [-0.25, -0.2) is 0 Å². The predicted molar refractivity (Wildman–Crippen MR) is 81.1 cm³/mol. The molecule has 0 aliphatic carbocycles. The monoisotopic (exact) mass is 391 g/mol. The van der Waals surface area contributed by atoms with Crippen molar-refractivity contribution in [2.75, 3.05) is 0 Å². The zero-order valence-electron chi connectivity index (χ0n) is 9.22. The van der Waals surface area contributed by atoms with E-state index < -0.39 is 0 Å². The molecule has 3 heterocycles. The van der Waals surface area contributed by atoms with E-state index in [1.165, 1.54) is 8.93 Å². The molecule has 4 nitrogen and oxygen atoms in total. The second-order valence-electron chi connectivity index (χ2n) is 3.75. The van der Waals surface area contributed by atoms with Gasteiger partial charge in [-0.3, -0.25) is 9.67 Å². The lowest BCUT2D eigenvalue weighted by molar-refractivity contribution is 0.517. The Morgan fingerprint density at radius 1 is 1.44 bits per heavy atom. The molecule has 18 heavy (non-hydrogen) atoms.